The van der Waals surface area contributed by atoms with Crippen LogP contribution < -0.4 is 11.1 Å². The molecule has 0 amide bonds. The fraction of sp³-hybridized carbons (Fsp3) is 0.389. The Morgan fingerprint density at radius 2 is 2.00 bits per heavy atom. The van der Waals surface area contributed by atoms with Crippen LogP contribution in [0.15, 0.2) is 24.5 Å². The van der Waals surface area contributed by atoms with Crippen molar-refractivity contribution in [3.63, 3.8) is 0 Å². The molecule has 0 saturated heterocycles. The van der Waals surface area contributed by atoms with Crippen molar-refractivity contribution >= 4 is 52.2 Å². The summed E-state index contributed by atoms with van der Waals surface area (Å²) in [5, 5.41) is 4.74. The van der Waals surface area contributed by atoms with Gasteiger partial charge in [-0.05, 0) is 44.0 Å². The van der Waals surface area contributed by atoms with E-state index >= 15 is 0 Å². The van der Waals surface area contributed by atoms with Crippen molar-refractivity contribution in [3.05, 3.63) is 46.4 Å². The van der Waals surface area contributed by atoms with E-state index in [-0.39, 0.29) is 30.9 Å². The van der Waals surface area contributed by atoms with E-state index in [1.807, 2.05) is 12.3 Å². The molecule has 5 nitrogen and oxygen atoms in total. The van der Waals surface area contributed by atoms with Crippen LogP contribution in [0, 0.1) is 13.8 Å². The van der Waals surface area contributed by atoms with Gasteiger partial charge < -0.3 is 11.1 Å². The molecule has 1 atom stereocenters. The van der Waals surface area contributed by atoms with Crippen molar-refractivity contribution < 1.29 is 0 Å². The van der Waals surface area contributed by atoms with E-state index in [9.17, 15) is 0 Å². The number of nitrogens with two attached hydrogens (primary N) is 1. The van der Waals surface area contributed by atoms with E-state index in [4.69, 9.17) is 10.7 Å². The van der Waals surface area contributed by atoms with E-state index < -0.39 is 0 Å². The van der Waals surface area contributed by atoms with Crippen LogP contribution in [-0.4, -0.2) is 21.5 Å². The van der Waals surface area contributed by atoms with E-state index in [2.05, 4.69) is 42.1 Å². The molecule has 3 heterocycles. The molecule has 0 spiro atoms. The third kappa shape index (κ3) is 4.62. The van der Waals surface area contributed by atoms with E-state index in [0.29, 0.717) is 13.0 Å². The maximum atomic E-state index is 5.70. The van der Waals surface area contributed by atoms with Gasteiger partial charge in [-0.2, -0.15) is 0 Å². The first-order valence-electron chi connectivity index (χ1n) is 8.27. The van der Waals surface area contributed by atoms with Gasteiger partial charge >= 0.3 is 0 Å². The highest BCUT2D eigenvalue weighted by Gasteiger charge is 2.17. The maximum Gasteiger partial charge on any atom is 0.139 e. The summed E-state index contributed by atoms with van der Waals surface area (Å²) >= 11 is 1.72. The van der Waals surface area contributed by atoms with Crippen LogP contribution in [0.5, 0.6) is 0 Å². The Balaban J connectivity index is 0.00000169. The SMILES string of the molecule is CCC(Nc1nc(CCN)nc2sc(C)c(C)c12)c1cccnc1.Cl.Cl. The van der Waals surface area contributed by atoms with E-state index in [1.54, 1.807) is 17.5 Å². The zero-order valence-corrected chi connectivity index (χ0v) is 17.6. The number of halogens is 2. The second-order valence-corrected chi connectivity index (χ2v) is 7.09. The number of nitrogens with zero attached hydrogens (tertiary/aromatic N) is 3. The molecule has 0 saturated carbocycles. The Kier molecular flexibility index (Phi) is 8.70. The third-order valence-electron chi connectivity index (χ3n) is 4.25. The minimum absolute atomic E-state index is 0. The van der Waals surface area contributed by atoms with Crippen LogP contribution in [0.2, 0.25) is 0 Å². The van der Waals surface area contributed by atoms with Crippen molar-refractivity contribution in [2.45, 2.75) is 39.7 Å². The average Bonchev–Trinajstić information content (AvgIpc) is 2.88. The van der Waals surface area contributed by atoms with Gasteiger partial charge in [0, 0.05) is 23.7 Å². The van der Waals surface area contributed by atoms with E-state index in [0.717, 1.165) is 33.8 Å². The van der Waals surface area contributed by atoms with Crippen molar-refractivity contribution in [2.24, 2.45) is 5.73 Å². The lowest BCUT2D eigenvalue weighted by Gasteiger charge is -2.19. The number of fused-ring (bicyclic) bond motifs is 1. The van der Waals surface area contributed by atoms with Crippen LogP contribution in [0.1, 0.15) is 41.2 Å². The lowest BCUT2D eigenvalue weighted by Crippen LogP contribution is -2.14. The predicted molar refractivity (Wildman–Crippen MR) is 115 cm³/mol. The minimum Gasteiger partial charge on any atom is -0.363 e. The Hall–Kier alpha value is -1.47. The molecule has 1 unspecified atom stereocenters. The maximum absolute atomic E-state index is 5.70. The fourth-order valence-corrected chi connectivity index (χ4v) is 3.86. The quantitative estimate of drug-likeness (QED) is 0.616. The molecular weight excluding hydrogens is 389 g/mol. The van der Waals surface area contributed by atoms with E-state index in [1.165, 1.54) is 10.4 Å². The molecule has 8 heteroatoms. The molecule has 3 aromatic heterocycles. The minimum atomic E-state index is 0. The second-order valence-electron chi connectivity index (χ2n) is 5.88. The number of anilines is 1. The van der Waals surface area contributed by atoms with Crippen LogP contribution >= 0.6 is 36.2 Å². The number of pyridine rings is 1. The summed E-state index contributed by atoms with van der Waals surface area (Å²) in [4.78, 5) is 16.0. The molecule has 0 aliphatic rings. The van der Waals surface area contributed by atoms with Crippen LogP contribution in [0.25, 0.3) is 10.2 Å². The first-order valence-corrected chi connectivity index (χ1v) is 9.08. The summed E-state index contributed by atoms with van der Waals surface area (Å²) in [6, 6.07) is 4.23. The summed E-state index contributed by atoms with van der Waals surface area (Å²) in [5.41, 5.74) is 8.11. The highest BCUT2D eigenvalue weighted by Crippen LogP contribution is 2.35. The first-order chi connectivity index (χ1) is 11.6. The van der Waals surface area contributed by atoms with Gasteiger partial charge in [-0.25, -0.2) is 9.97 Å². The van der Waals surface area contributed by atoms with Crippen molar-refractivity contribution in [1.29, 1.82) is 0 Å². The molecule has 0 aliphatic carbocycles. The van der Waals surface area contributed by atoms with Crippen molar-refractivity contribution in [3.8, 4) is 0 Å². The van der Waals surface area contributed by atoms with Gasteiger partial charge in [0.15, 0.2) is 0 Å². The number of rotatable bonds is 6. The molecule has 26 heavy (non-hydrogen) atoms. The topological polar surface area (TPSA) is 76.7 Å². The fourth-order valence-electron chi connectivity index (χ4n) is 2.81. The number of hydrogen-bond donors (Lipinski definition) is 2. The number of thiophene rings is 1. The monoisotopic (exact) mass is 413 g/mol. The second kappa shape index (κ2) is 10.0. The number of hydrogen-bond acceptors (Lipinski definition) is 6. The van der Waals surface area contributed by atoms with Crippen molar-refractivity contribution in [1.82, 2.24) is 15.0 Å². The summed E-state index contributed by atoms with van der Waals surface area (Å²) in [7, 11) is 0. The molecule has 0 radical (unpaired) electrons. The number of nitrogens with one attached hydrogen (secondary N) is 1. The molecule has 3 N–H and O–H groups in total. The van der Waals surface area contributed by atoms with Gasteiger partial charge in [-0.1, -0.05) is 13.0 Å². The van der Waals surface area contributed by atoms with Gasteiger partial charge in [-0.15, -0.1) is 36.2 Å². The lowest BCUT2D eigenvalue weighted by atomic mass is 10.1. The smallest absolute Gasteiger partial charge is 0.139 e. The van der Waals surface area contributed by atoms with Gasteiger partial charge in [-0.3, -0.25) is 4.98 Å². The van der Waals surface area contributed by atoms with Gasteiger partial charge in [0.1, 0.15) is 16.5 Å². The number of aromatic nitrogens is 3. The molecule has 0 aromatic carbocycles. The van der Waals surface area contributed by atoms with Gasteiger partial charge in [0.05, 0.1) is 11.4 Å². The molecule has 3 rings (SSSR count). The predicted octanol–water partition coefficient (Wildman–Crippen LogP) is 4.61. The normalized spacial score (nSPS) is 11.5. The number of aryl methyl sites for hydroxylation is 2. The summed E-state index contributed by atoms with van der Waals surface area (Å²) < 4.78 is 0. The first kappa shape index (κ1) is 22.6. The Morgan fingerprint density at radius 1 is 1.23 bits per heavy atom. The Labute approximate surface area is 170 Å². The molecular formula is C18H25Cl2N5S. The third-order valence-corrected chi connectivity index (χ3v) is 5.35. The Bertz CT molecular complexity index is 838. The zero-order chi connectivity index (χ0) is 17.1. The molecule has 142 valence electrons. The summed E-state index contributed by atoms with van der Waals surface area (Å²) in [5.74, 6) is 1.70. The standard InChI is InChI=1S/C18H23N5S.2ClH/c1-4-14(13-6-5-9-20-10-13)21-17-16-11(2)12(3)24-18(16)23-15(22-17)7-8-19;;/h5-6,9-10,14H,4,7-8,19H2,1-3H3,(H,21,22,23);2*1H. The molecule has 0 bridgehead atoms. The van der Waals surface area contributed by atoms with Gasteiger partial charge in [0.25, 0.3) is 0 Å². The van der Waals surface area contributed by atoms with Crippen LogP contribution in [0.4, 0.5) is 5.82 Å². The molecule has 0 fully saturated rings. The highest BCUT2D eigenvalue weighted by molar-refractivity contribution is 7.18. The highest BCUT2D eigenvalue weighted by atomic mass is 35.5. The van der Waals surface area contributed by atoms with Crippen LogP contribution in [-0.2, 0) is 6.42 Å². The lowest BCUT2D eigenvalue weighted by molar-refractivity contribution is 0.738. The van der Waals surface area contributed by atoms with Crippen LogP contribution in [0.3, 0.4) is 0 Å². The average molecular weight is 414 g/mol. The van der Waals surface area contributed by atoms with Crippen molar-refractivity contribution in [2.75, 3.05) is 11.9 Å². The Morgan fingerprint density at radius 3 is 2.62 bits per heavy atom. The molecule has 3 aromatic rings. The summed E-state index contributed by atoms with van der Waals surface area (Å²) in [6.07, 6.45) is 5.34. The largest absolute Gasteiger partial charge is 0.363 e. The molecule has 0 aliphatic heterocycles. The van der Waals surface area contributed by atoms with Gasteiger partial charge in [0.2, 0.25) is 0 Å². The zero-order valence-electron chi connectivity index (χ0n) is 15.2. The summed E-state index contributed by atoms with van der Waals surface area (Å²) in [6.45, 7) is 6.98.